The summed E-state index contributed by atoms with van der Waals surface area (Å²) in [7, 11) is 0. The van der Waals surface area contributed by atoms with Crippen LogP contribution >= 0.6 is 11.6 Å². The number of hydrogen-bond donors (Lipinski definition) is 0. The molecular formula is C8H15ClO. The second-order valence-electron chi connectivity index (χ2n) is 3.29. The third-order valence-corrected chi connectivity index (χ3v) is 2.77. The Morgan fingerprint density at radius 3 is 2.60 bits per heavy atom. The molecule has 0 aliphatic carbocycles. The quantitative estimate of drug-likeness (QED) is 0.567. The van der Waals surface area contributed by atoms with E-state index < -0.39 is 0 Å². The van der Waals surface area contributed by atoms with Gasteiger partial charge in [-0.15, -0.1) is 11.6 Å². The van der Waals surface area contributed by atoms with Gasteiger partial charge in [0.05, 0.1) is 18.1 Å². The summed E-state index contributed by atoms with van der Waals surface area (Å²) in [6.07, 6.45) is 2.17. The van der Waals surface area contributed by atoms with Crippen LogP contribution in [0.25, 0.3) is 0 Å². The van der Waals surface area contributed by atoms with E-state index in [0.717, 1.165) is 19.4 Å². The maximum absolute atomic E-state index is 5.81. The molecule has 0 spiro atoms. The minimum atomic E-state index is 0.0149. The zero-order chi connectivity index (χ0) is 7.61. The summed E-state index contributed by atoms with van der Waals surface area (Å²) in [5.74, 6) is 1.34. The van der Waals surface area contributed by atoms with Crippen LogP contribution < -0.4 is 0 Å². The standard InChI is InChI=1S/C8H15ClO/c1-3-8(6-9)4-7(2)5-10-8/h7H,3-6H2,1-2H3. The van der Waals surface area contributed by atoms with Crippen molar-refractivity contribution in [3.63, 3.8) is 0 Å². The van der Waals surface area contributed by atoms with E-state index in [1.807, 2.05) is 0 Å². The van der Waals surface area contributed by atoms with Crippen molar-refractivity contribution in [2.45, 2.75) is 32.3 Å². The van der Waals surface area contributed by atoms with Crippen LogP contribution in [0.2, 0.25) is 0 Å². The lowest BCUT2D eigenvalue weighted by Gasteiger charge is -2.23. The third-order valence-electron chi connectivity index (χ3n) is 2.28. The van der Waals surface area contributed by atoms with E-state index in [-0.39, 0.29) is 5.60 Å². The van der Waals surface area contributed by atoms with E-state index in [4.69, 9.17) is 16.3 Å². The number of ether oxygens (including phenoxy) is 1. The summed E-state index contributed by atoms with van der Waals surface area (Å²) in [6, 6.07) is 0. The van der Waals surface area contributed by atoms with Crippen molar-refractivity contribution in [3.8, 4) is 0 Å². The van der Waals surface area contributed by atoms with Crippen LogP contribution in [0, 0.1) is 5.92 Å². The van der Waals surface area contributed by atoms with Crippen LogP contribution in [-0.2, 0) is 4.74 Å². The summed E-state index contributed by atoms with van der Waals surface area (Å²) in [5.41, 5.74) is 0.0149. The van der Waals surface area contributed by atoms with E-state index in [1.54, 1.807) is 0 Å². The van der Waals surface area contributed by atoms with Gasteiger partial charge in [0.15, 0.2) is 0 Å². The highest BCUT2D eigenvalue weighted by molar-refractivity contribution is 6.18. The van der Waals surface area contributed by atoms with Gasteiger partial charge in [-0.2, -0.15) is 0 Å². The fraction of sp³-hybridized carbons (Fsp3) is 1.00. The molecule has 60 valence electrons. The molecule has 0 radical (unpaired) electrons. The second kappa shape index (κ2) is 3.10. The molecule has 1 nitrogen and oxygen atoms in total. The fourth-order valence-electron chi connectivity index (χ4n) is 1.51. The van der Waals surface area contributed by atoms with Gasteiger partial charge in [0.2, 0.25) is 0 Å². The first kappa shape index (κ1) is 8.35. The second-order valence-corrected chi connectivity index (χ2v) is 3.56. The van der Waals surface area contributed by atoms with Crippen molar-refractivity contribution < 1.29 is 4.74 Å². The molecule has 1 rings (SSSR count). The molecule has 1 aliphatic rings. The van der Waals surface area contributed by atoms with Crippen molar-refractivity contribution in [2.75, 3.05) is 12.5 Å². The predicted molar refractivity (Wildman–Crippen MR) is 43.5 cm³/mol. The van der Waals surface area contributed by atoms with Crippen molar-refractivity contribution in [1.29, 1.82) is 0 Å². The lowest BCUT2D eigenvalue weighted by molar-refractivity contribution is 0.0193. The molecule has 0 N–H and O–H groups in total. The third kappa shape index (κ3) is 1.46. The highest BCUT2D eigenvalue weighted by Crippen LogP contribution is 2.33. The van der Waals surface area contributed by atoms with E-state index >= 15 is 0 Å². The molecule has 0 aromatic rings. The van der Waals surface area contributed by atoms with E-state index in [2.05, 4.69) is 13.8 Å². The Labute approximate surface area is 67.7 Å². The van der Waals surface area contributed by atoms with E-state index in [0.29, 0.717) is 11.8 Å². The first-order chi connectivity index (χ1) is 4.72. The van der Waals surface area contributed by atoms with Crippen LogP contribution in [0.1, 0.15) is 26.7 Å². The van der Waals surface area contributed by atoms with Crippen molar-refractivity contribution >= 4 is 11.6 Å². The Balaban J connectivity index is 2.51. The topological polar surface area (TPSA) is 9.23 Å². The Morgan fingerprint density at radius 2 is 2.40 bits per heavy atom. The summed E-state index contributed by atoms with van der Waals surface area (Å²) in [5, 5.41) is 0. The summed E-state index contributed by atoms with van der Waals surface area (Å²) in [6.45, 7) is 5.24. The van der Waals surface area contributed by atoms with Gasteiger partial charge >= 0.3 is 0 Å². The largest absolute Gasteiger partial charge is 0.373 e. The molecule has 2 atom stereocenters. The molecule has 2 unspecified atom stereocenters. The van der Waals surface area contributed by atoms with Gasteiger partial charge in [-0.3, -0.25) is 0 Å². The SMILES string of the molecule is CCC1(CCl)CC(C)CO1. The van der Waals surface area contributed by atoms with Crippen LogP contribution in [0.4, 0.5) is 0 Å². The maximum atomic E-state index is 5.81. The van der Waals surface area contributed by atoms with Crippen molar-refractivity contribution in [1.82, 2.24) is 0 Å². The van der Waals surface area contributed by atoms with Crippen molar-refractivity contribution in [2.24, 2.45) is 5.92 Å². The molecular weight excluding hydrogens is 148 g/mol. The van der Waals surface area contributed by atoms with Crippen LogP contribution in [0.3, 0.4) is 0 Å². The lowest BCUT2D eigenvalue weighted by atomic mass is 9.95. The highest BCUT2D eigenvalue weighted by atomic mass is 35.5. The Bertz CT molecular complexity index is 110. The van der Waals surface area contributed by atoms with Gasteiger partial charge in [0.1, 0.15) is 0 Å². The molecule has 10 heavy (non-hydrogen) atoms. The molecule has 1 saturated heterocycles. The van der Waals surface area contributed by atoms with Gasteiger partial charge in [0.25, 0.3) is 0 Å². The van der Waals surface area contributed by atoms with Gasteiger partial charge in [-0.1, -0.05) is 13.8 Å². The molecule has 1 fully saturated rings. The summed E-state index contributed by atoms with van der Waals surface area (Å²) >= 11 is 5.81. The highest BCUT2D eigenvalue weighted by Gasteiger charge is 2.35. The van der Waals surface area contributed by atoms with Gasteiger partial charge < -0.3 is 4.74 Å². The Morgan fingerprint density at radius 1 is 1.70 bits per heavy atom. The normalized spacial score (nSPS) is 40.5. The Kier molecular flexibility index (Phi) is 2.59. The van der Waals surface area contributed by atoms with Gasteiger partial charge in [0, 0.05) is 0 Å². The minimum Gasteiger partial charge on any atom is -0.373 e. The average molecular weight is 163 g/mol. The first-order valence-corrected chi connectivity index (χ1v) is 4.46. The van der Waals surface area contributed by atoms with Crippen molar-refractivity contribution in [3.05, 3.63) is 0 Å². The number of halogens is 1. The molecule has 1 heterocycles. The number of hydrogen-bond acceptors (Lipinski definition) is 1. The van der Waals surface area contributed by atoms with Crippen LogP contribution in [0.5, 0.6) is 0 Å². The van der Waals surface area contributed by atoms with E-state index in [1.165, 1.54) is 0 Å². The smallest absolute Gasteiger partial charge is 0.0818 e. The molecule has 0 amide bonds. The monoisotopic (exact) mass is 162 g/mol. The Hall–Kier alpha value is 0.250. The lowest BCUT2D eigenvalue weighted by Crippen LogP contribution is -2.28. The molecule has 0 saturated carbocycles. The first-order valence-electron chi connectivity index (χ1n) is 3.92. The zero-order valence-electron chi connectivity index (χ0n) is 6.69. The maximum Gasteiger partial charge on any atom is 0.0818 e. The zero-order valence-corrected chi connectivity index (χ0v) is 7.45. The predicted octanol–water partition coefficient (Wildman–Crippen LogP) is 2.43. The minimum absolute atomic E-state index is 0.0149. The number of alkyl halides is 1. The summed E-state index contributed by atoms with van der Waals surface area (Å²) in [4.78, 5) is 0. The average Bonchev–Trinajstić information content (AvgIpc) is 2.33. The number of rotatable bonds is 2. The molecule has 1 aliphatic heterocycles. The van der Waals surface area contributed by atoms with Gasteiger partial charge in [-0.25, -0.2) is 0 Å². The van der Waals surface area contributed by atoms with Gasteiger partial charge in [-0.05, 0) is 18.8 Å². The molecule has 0 bridgehead atoms. The molecule has 0 aromatic carbocycles. The van der Waals surface area contributed by atoms with Crippen LogP contribution in [-0.4, -0.2) is 18.1 Å². The summed E-state index contributed by atoms with van der Waals surface area (Å²) < 4.78 is 5.62. The molecule has 0 aromatic heterocycles. The fourth-order valence-corrected chi connectivity index (χ4v) is 1.88. The van der Waals surface area contributed by atoms with Crippen LogP contribution in [0.15, 0.2) is 0 Å². The van der Waals surface area contributed by atoms with E-state index in [9.17, 15) is 0 Å². The molecule has 2 heteroatoms.